The number of rotatable bonds is 8. The molecule has 1 aromatic carbocycles. The Morgan fingerprint density at radius 2 is 2.00 bits per heavy atom. The molecule has 0 aliphatic carbocycles. The SMILES string of the molecule is CCC[C@@H](NC(=O)NCCCN1CCCCCC1=O)c1ccccc1. The van der Waals surface area contributed by atoms with E-state index >= 15 is 0 Å². The molecule has 1 heterocycles. The third-order valence-electron chi connectivity index (χ3n) is 4.65. The maximum Gasteiger partial charge on any atom is 0.315 e. The zero-order valence-corrected chi connectivity index (χ0v) is 15.3. The van der Waals surface area contributed by atoms with E-state index < -0.39 is 0 Å². The molecule has 5 heteroatoms. The summed E-state index contributed by atoms with van der Waals surface area (Å²) in [4.78, 5) is 26.1. The fraction of sp³-hybridized carbons (Fsp3) is 0.600. The van der Waals surface area contributed by atoms with E-state index in [-0.39, 0.29) is 18.0 Å². The molecule has 0 aromatic heterocycles. The summed E-state index contributed by atoms with van der Waals surface area (Å²) in [7, 11) is 0. The molecule has 1 fully saturated rings. The Morgan fingerprint density at radius 1 is 1.20 bits per heavy atom. The highest BCUT2D eigenvalue weighted by Crippen LogP contribution is 2.17. The quantitative estimate of drug-likeness (QED) is 0.707. The van der Waals surface area contributed by atoms with Crippen LogP contribution >= 0.6 is 0 Å². The molecule has 2 rings (SSSR count). The normalized spacial score (nSPS) is 16.2. The molecule has 1 atom stereocenters. The van der Waals surface area contributed by atoms with Gasteiger partial charge in [-0.05, 0) is 31.2 Å². The summed E-state index contributed by atoms with van der Waals surface area (Å²) in [5.41, 5.74) is 1.13. The van der Waals surface area contributed by atoms with Crippen LogP contribution in [0.25, 0.3) is 0 Å². The van der Waals surface area contributed by atoms with E-state index in [1.165, 1.54) is 0 Å². The number of likely N-dealkylation sites (tertiary alicyclic amines) is 1. The van der Waals surface area contributed by atoms with Crippen molar-refractivity contribution in [2.75, 3.05) is 19.6 Å². The predicted molar refractivity (Wildman–Crippen MR) is 100 cm³/mol. The van der Waals surface area contributed by atoms with Gasteiger partial charge < -0.3 is 15.5 Å². The van der Waals surface area contributed by atoms with Gasteiger partial charge in [-0.3, -0.25) is 4.79 Å². The fourth-order valence-corrected chi connectivity index (χ4v) is 3.25. The highest BCUT2D eigenvalue weighted by molar-refractivity contribution is 5.76. The van der Waals surface area contributed by atoms with Crippen LogP contribution < -0.4 is 10.6 Å². The van der Waals surface area contributed by atoms with Gasteiger partial charge >= 0.3 is 6.03 Å². The van der Waals surface area contributed by atoms with Gasteiger partial charge in [0.25, 0.3) is 0 Å². The molecule has 138 valence electrons. The van der Waals surface area contributed by atoms with E-state index in [1.807, 2.05) is 35.2 Å². The molecular weight excluding hydrogens is 314 g/mol. The molecule has 1 saturated heterocycles. The van der Waals surface area contributed by atoms with E-state index in [9.17, 15) is 9.59 Å². The number of carbonyl (C=O) groups excluding carboxylic acids is 2. The molecule has 1 aliphatic heterocycles. The van der Waals surface area contributed by atoms with Crippen LogP contribution in [0.2, 0.25) is 0 Å². The predicted octanol–water partition coefficient (Wildman–Crippen LogP) is 3.62. The topological polar surface area (TPSA) is 61.4 Å². The Kier molecular flexibility index (Phi) is 8.29. The summed E-state index contributed by atoms with van der Waals surface area (Å²) >= 11 is 0. The van der Waals surface area contributed by atoms with E-state index in [0.29, 0.717) is 13.0 Å². The minimum absolute atomic E-state index is 0.0402. The number of hydrogen-bond acceptors (Lipinski definition) is 2. The van der Waals surface area contributed by atoms with Gasteiger partial charge in [-0.2, -0.15) is 0 Å². The second-order valence-electron chi connectivity index (χ2n) is 6.70. The summed E-state index contributed by atoms with van der Waals surface area (Å²) in [6, 6.07) is 9.97. The highest BCUT2D eigenvalue weighted by atomic mass is 16.2. The van der Waals surface area contributed by atoms with Gasteiger partial charge in [0, 0.05) is 26.1 Å². The molecule has 0 unspecified atom stereocenters. The number of nitrogens with zero attached hydrogens (tertiary/aromatic N) is 1. The zero-order chi connectivity index (χ0) is 17.9. The summed E-state index contributed by atoms with van der Waals surface area (Å²) in [6.45, 7) is 4.30. The third-order valence-corrected chi connectivity index (χ3v) is 4.65. The van der Waals surface area contributed by atoms with Crippen LogP contribution in [0.15, 0.2) is 30.3 Å². The Labute approximate surface area is 151 Å². The first-order chi connectivity index (χ1) is 12.2. The van der Waals surface area contributed by atoms with Crippen LogP contribution in [-0.2, 0) is 4.79 Å². The second-order valence-corrected chi connectivity index (χ2v) is 6.70. The molecule has 1 aromatic rings. The lowest BCUT2D eigenvalue weighted by Gasteiger charge is -2.21. The van der Waals surface area contributed by atoms with Crippen LogP contribution in [0, 0.1) is 0 Å². The lowest BCUT2D eigenvalue weighted by atomic mass is 10.0. The first-order valence-electron chi connectivity index (χ1n) is 9.57. The van der Waals surface area contributed by atoms with Gasteiger partial charge in [-0.15, -0.1) is 0 Å². The van der Waals surface area contributed by atoms with Crippen molar-refractivity contribution in [2.24, 2.45) is 0 Å². The van der Waals surface area contributed by atoms with Crippen LogP contribution in [0.5, 0.6) is 0 Å². The van der Waals surface area contributed by atoms with E-state index in [1.54, 1.807) is 0 Å². The number of hydrogen-bond donors (Lipinski definition) is 2. The van der Waals surface area contributed by atoms with Crippen molar-refractivity contribution in [1.29, 1.82) is 0 Å². The number of nitrogens with one attached hydrogen (secondary N) is 2. The lowest BCUT2D eigenvalue weighted by Crippen LogP contribution is -2.39. The van der Waals surface area contributed by atoms with Gasteiger partial charge in [-0.1, -0.05) is 50.1 Å². The largest absolute Gasteiger partial charge is 0.343 e. The van der Waals surface area contributed by atoms with Crippen LogP contribution in [0.1, 0.15) is 63.5 Å². The van der Waals surface area contributed by atoms with E-state index in [0.717, 1.165) is 57.2 Å². The van der Waals surface area contributed by atoms with Crippen molar-refractivity contribution in [3.63, 3.8) is 0 Å². The molecule has 0 saturated carbocycles. The van der Waals surface area contributed by atoms with Crippen LogP contribution in [0.3, 0.4) is 0 Å². The molecule has 0 radical (unpaired) electrons. The smallest absolute Gasteiger partial charge is 0.315 e. The summed E-state index contributed by atoms with van der Waals surface area (Å²) in [5.74, 6) is 0.258. The lowest BCUT2D eigenvalue weighted by molar-refractivity contribution is -0.130. The second kappa shape index (κ2) is 10.7. The average Bonchev–Trinajstić information content (AvgIpc) is 2.83. The standard InChI is InChI=1S/C20H31N3O2/c1-2-10-18(17-11-5-3-6-12-17)22-20(25)21-14-9-16-23-15-8-4-7-13-19(23)24/h3,5-6,11-12,18H,2,4,7-10,13-16H2,1H3,(H2,21,22,25)/t18-/m1/s1. The molecule has 2 N–H and O–H groups in total. The van der Waals surface area contributed by atoms with Gasteiger partial charge in [0.05, 0.1) is 6.04 Å². The maximum atomic E-state index is 12.2. The zero-order valence-electron chi connectivity index (χ0n) is 15.3. The van der Waals surface area contributed by atoms with Crippen molar-refractivity contribution in [1.82, 2.24) is 15.5 Å². The molecule has 0 bridgehead atoms. The van der Waals surface area contributed by atoms with Gasteiger partial charge in [0.15, 0.2) is 0 Å². The monoisotopic (exact) mass is 345 g/mol. The third kappa shape index (κ3) is 6.77. The van der Waals surface area contributed by atoms with Crippen molar-refractivity contribution < 1.29 is 9.59 Å². The van der Waals surface area contributed by atoms with E-state index in [2.05, 4.69) is 17.6 Å². The van der Waals surface area contributed by atoms with Gasteiger partial charge in [0.2, 0.25) is 5.91 Å². The number of carbonyl (C=O) groups is 2. The van der Waals surface area contributed by atoms with Crippen LogP contribution in [-0.4, -0.2) is 36.5 Å². The van der Waals surface area contributed by atoms with Crippen molar-refractivity contribution >= 4 is 11.9 Å². The summed E-state index contributed by atoms with van der Waals surface area (Å²) < 4.78 is 0. The van der Waals surface area contributed by atoms with Crippen LogP contribution in [0.4, 0.5) is 4.79 Å². The van der Waals surface area contributed by atoms with E-state index in [4.69, 9.17) is 0 Å². The summed E-state index contributed by atoms with van der Waals surface area (Å²) in [6.07, 6.45) is 6.63. The Morgan fingerprint density at radius 3 is 2.76 bits per heavy atom. The number of benzene rings is 1. The first kappa shape index (κ1) is 19.3. The Hall–Kier alpha value is -2.04. The molecule has 5 nitrogen and oxygen atoms in total. The molecule has 25 heavy (non-hydrogen) atoms. The Bertz CT molecular complexity index is 533. The minimum atomic E-state index is -0.135. The van der Waals surface area contributed by atoms with Crippen molar-refractivity contribution in [3.8, 4) is 0 Å². The van der Waals surface area contributed by atoms with Gasteiger partial charge in [0.1, 0.15) is 0 Å². The molecular formula is C20H31N3O2. The molecule has 1 aliphatic rings. The average molecular weight is 345 g/mol. The summed E-state index contributed by atoms with van der Waals surface area (Å²) in [5, 5.41) is 5.98. The minimum Gasteiger partial charge on any atom is -0.343 e. The number of urea groups is 1. The van der Waals surface area contributed by atoms with Gasteiger partial charge in [-0.25, -0.2) is 4.79 Å². The Balaban J connectivity index is 1.71. The van der Waals surface area contributed by atoms with Crippen molar-refractivity contribution in [2.45, 2.75) is 57.9 Å². The molecule has 3 amide bonds. The van der Waals surface area contributed by atoms with Crippen molar-refractivity contribution in [3.05, 3.63) is 35.9 Å². The first-order valence-corrected chi connectivity index (χ1v) is 9.57. The number of amides is 3. The fourth-order valence-electron chi connectivity index (χ4n) is 3.25. The molecule has 0 spiro atoms. The maximum absolute atomic E-state index is 12.2. The highest BCUT2D eigenvalue weighted by Gasteiger charge is 2.16.